The Balaban J connectivity index is 1.48. The van der Waals surface area contributed by atoms with Crippen LogP contribution in [0.3, 0.4) is 0 Å². The number of nitro groups is 1. The highest BCUT2D eigenvalue weighted by molar-refractivity contribution is 7.89. The Kier molecular flexibility index (Phi) is 5.23. The number of amides is 1. The first-order valence-electron chi connectivity index (χ1n) is 9.41. The van der Waals surface area contributed by atoms with E-state index in [4.69, 9.17) is 4.42 Å². The van der Waals surface area contributed by atoms with E-state index in [-0.39, 0.29) is 48.4 Å². The second-order valence-corrected chi connectivity index (χ2v) is 9.08. The van der Waals surface area contributed by atoms with Gasteiger partial charge in [-0.15, -0.1) is 0 Å². The number of nitro benzene ring substituents is 1. The molecule has 4 rings (SSSR count). The van der Waals surface area contributed by atoms with E-state index < -0.39 is 20.8 Å². The maximum Gasteiger partial charge on any atom is 0.289 e. The van der Waals surface area contributed by atoms with Gasteiger partial charge in [0.2, 0.25) is 10.0 Å². The number of aryl methyl sites for hydroxylation is 1. The summed E-state index contributed by atoms with van der Waals surface area (Å²) in [6.07, 6.45) is 0. The number of carbonyl (C=O) groups is 1. The molecule has 2 heterocycles. The Labute approximate surface area is 176 Å². The van der Waals surface area contributed by atoms with Crippen molar-refractivity contribution >= 4 is 32.6 Å². The zero-order valence-corrected chi connectivity index (χ0v) is 17.3. The van der Waals surface area contributed by atoms with Crippen molar-refractivity contribution in [3.63, 3.8) is 0 Å². The largest absolute Gasteiger partial charge is 0.451 e. The van der Waals surface area contributed by atoms with Gasteiger partial charge in [-0.1, -0.05) is 0 Å². The summed E-state index contributed by atoms with van der Waals surface area (Å²) in [6, 6.07) is 8.69. The van der Waals surface area contributed by atoms with Crippen LogP contribution in [0.15, 0.2) is 51.8 Å². The molecule has 1 aliphatic heterocycles. The molecule has 31 heavy (non-hydrogen) atoms. The molecule has 1 aliphatic rings. The highest BCUT2D eigenvalue weighted by Crippen LogP contribution is 2.28. The van der Waals surface area contributed by atoms with Gasteiger partial charge in [-0.2, -0.15) is 4.31 Å². The molecule has 1 saturated heterocycles. The van der Waals surface area contributed by atoms with E-state index in [2.05, 4.69) is 0 Å². The number of carbonyl (C=O) groups excluding carboxylic acids is 1. The van der Waals surface area contributed by atoms with E-state index in [0.29, 0.717) is 16.5 Å². The molecule has 0 aliphatic carbocycles. The topological polar surface area (TPSA) is 114 Å². The van der Waals surface area contributed by atoms with Gasteiger partial charge in [0.05, 0.1) is 9.82 Å². The van der Waals surface area contributed by atoms with Gasteiger partial charge in [-0.25, -0.2) is 12.8 Å². The molecule has 1 aromatic heterocycles. The van der Waals surface area contributed by atoms with Crippen LogP contribution in [0, 0.1) is 22.9 Å². The minimum absolute atomic E-state index is 0.0481. The van der Waals surface area contributed by atoms with Crippen molar-refractivity contribution in [2.75, 3.05) is 26.2 Å². The van der Waals surface area contributed by atoms with Crippen LogP contribution in [0.25, 0.3) is 11.0 Å². The highest BCUT2D eigenvalue weighted by atomic mass is 32.2. The van der Waals surface area contributed by atoms with E-state index in [0.717, 1.165) is 12.1 Å². The third kappa shape index (κ3) is 3.77. The number of hydrogen-bond donors (Lipinski definition) is 0. The van der Waals surface area contributed by atoms with Crippen molar-refractivity contribution in [1.82, 2.24) is 9.21 Å². The molecule has 0 unspecified atom stereocenters. The monoisotopic (exact) mass is 447 g/mol. The average molecular weight is 447 g/mol. The molecule has 0 bridgehead atoms. The van der Waals surface area contributed by atoms with Crippen LogP contribution in [0.5, 0.6) is 0 Å². The van der Waals surface area contributed by atoms with Crippen molar-refractivity contribution < 1.29 is 26.9 Å². The lowest BCUT2D eigenvalue weighted by Gasteiger charge is -2.33. The summed E-state index contributed by atoms with van der Waals surface area (Å²) in [7, 11) is -3.84. The smallest absolute Gasteiger partial charge is 0.289 e. The summed E-state index contributed by atoms with van der Waals surface area (Å²) in [5.41, 5.74) is 0.734. The molecule has 1 fully saturated rings. The first-order chi connectivity index (χ1) is 14.7. The summed E-state index contributed by atoms with van der Waals surface area (Å²) < 4.78 is 46.0. The Morgan fingerprint density at radius 2 is 1.74 bits per heavy atom. The summed E-state index contributed by atoms with van der Waals surface area (Å²) in [4.78, 5) is 24.5. The summed E-state index contributed by atoms with van der Waals surface area (Å²) in [5, 5.41) is 11.3. The zero-order valence-electron chi connectivity index (χ0n) is 16.4. The van der Waals surface area contributed by atoms with Crippen LogP contribution in [0.2, 0.25) is 0 Å². The normalized spacial score (nSPS) is 15.4. The Morgan fingerprint density at radius 3 is 2.35 bits per heavy atom. The van der Waals surface area contributed by atoms with Gasteiger partial charge in [0.25, 0.3) is 11.6 Å². The number of piperazine rings is 1. The van der Waals surface area contributed by atoms with Crippen molar-refractivity contribution in [2.45, 2.75) is 11.8 Å². The van der Waals surface area contributed by atoms with Crippen LogP contribution in [-0.4, -0.2) is 54.6 Å². The predicted octanol–water partition coefficient (Wildman–Crippen LogP) is 2.94. The number of fused-ring (bicyclic) bond motifs is 1. The fourth-order valence-corrected chi connectivity index (χ4v) is 4.98. The second-order valence-electron chi connectivity index (χ2n) is 7.14. The standard InChI is InChI=1S/C20H18FN3O6S/c1-13-17-12-14(21)2-7-18(17)30-19(13)20(25)22-8-10-23(11-9-22)31(28,29)16-5-3-15(4-6-16)24(26)27/h2-7,12H,8-11H2,1H3. The van der Waals surface area contributed by atoms with Crippen molar-refractivity contribution in [3.8, 4) is 0 Å². The average Bonchev–Trinajstić information content (AvgIpc) is 3.09. The number of benzene rings is 2. The lowest BCUT2D eigenvalue weighted by atomic mass is 10.1. The number of halogens is 1. The van der Waals surface area contributed by atoms with E-state index in [9.17, 15) is 27.7 Å². The van der Waals surface area contributed by atoms with E-state index in [1.807, 2.05) is 0 Å². The number of furan rings is 1. The molecule has 0 radical (unpaired) electrons. The predicted molar refractivity (Wildman–Crippen MR) is 109 cm³/mol. The van der Waals surface area contributed by atoms with Crippen molar-refractivity contribution in [3.05, 3.63) is 69.7 Å². The molecule has 11 heteroatoms. The van der Waals surface area contributed by atoms with Gasteiger partial charge in [0.15, 0.2) is 5.76 Å². The number of hydrogen-bond acceptors (Lipinski definition) is 6. The van der Waals surface area contributed by atoms with Gasteiger partial charge in [-0.3, -0.25) is 14.9 Å². The summed E-state index contributed by atoms with van der Waals surface area (Å²) >= 11 is 0. The van der Waals surface area contributed by atoms with Crippen LogP contribution >= 0.6 is 0 Å². The molecule has 0 atom stereocenters. The number of sulfonamides is 1. The molecule has 1 amide bonds. The second kappa shape index (κ2) is 7.75. The molecule has 9 nitrogen and oxygen atoms in total. The lowest BCUT2D eigenvalue weighted by molar-refractivity contribution is -0.384. The van der Waals surface area contributed by atoms with Crippen LogP contribution in [0.1, 0.15) is 16.1 Å². The lowest BCUT2D eigenvalue weighted by Crippen LogP contribution is -2.50. The molecule has 3 aromatic rings. The van der Waals surface area contributed by atoms with Gasteiger partial charge < -0.3 is 9.32 Å². The van der Waals surface area contributed by atoms with Crippen molar-refractivity contribution in [1.29, 1.82) is 0 Å². The van der Waals surface area contributed by atoms with E-state index in [1.54, 1.807) is 6.92 Å². The van der Waals surface area contributed by atoms with Gasteiger partial charge in [0, 0.05) is 49.3 Å². The summed E-state index contributed by atoms with van der Waals surface area (Å²) in [5.74, 6) is -0.714. The molecule has 162 valence electrons. The van der Waals surface area contributed by atoms with E-state index in [1.165, 1.54) is 39.5 Å². The number of non-ortho nitro benzene ring substituents is 1. The van der Waals surface area contributed by atoms with E-state index >= 15 is 0 Å². The van der Waals surface area contributed by atoms with Gasteiger partial charge in [-0.05, 0) is 37.3 Å². The quantitative estimate of drug-likeness (QED) is 0.449. The minimum Gasteiger partial charge on any atom is -0.451 e. The fraction of sp³-hybridized carbons (Fsp3) is 0.250. The molecular formula is C20H18FN3O6S. The zero-order chi connectivity index (χ0) is 22.3. The highest BCUT2D eigenvalue weighted by Gasteiger charge is 2.32. The molecule has 2 aromatic carbocycles. The first kappa shape index (κ1) is 20.9. The van der Waals surface area contributed by atoms with Crippen LogP contribution in [0.4, 0.5) is 10.1 Å². The third-order valence-corrected chi connectivity index (χ3v) is 7.22. The number of rotatable bonds is 4. The fourth-order valence-electron chi connectivity index (χ4n) is 3.56. The van der Waals surface area contributed by atoms with Gasteiger partial charge >= 0.3 is 0 Å². The maximum atomic E-state index is 13.5. The van der Waals surface area contributed by atoms with Crippen molar-refractivity contribution in [2.24, 2.45) is 0 Å². The minimum atomic E-state index is -3.84. The Hall–Kier alpha value is -3.31. The first-order valence-corrected chi connectivity index (χ1v) is 10.8. The molecule has 0 N–H and O–H groups in total. The number of nitrogens with zero attached hydrogens (tertiary/aromatic N) is 3. The van der Waals surface area contributed by atoms with Crippen LogP contribution < -0.4 is 0 Å². The maximum absolute atomic E-state index is 13.5. The third-order valence-electron chi connectivity index (χ3n) is 5.30. The SMILES string of the molecule is Cc1c(C(=O)N2CCN(S(=O)(=O)c3ccc([N+](=O)[O-])cc3)CC2)oc2ccc(F)cc12. The molecule has 0 spiro atoms. The molecule has 0 saturated carbocycles. The van der Waals surface area contributed by atoms with Crippen LogP contribution in [-0.2, 0) is 10.0 Å². The Morgan fingerprint density at radius 1 is 1.10 bits per heavy atom. The Bertz CT molecular complexity index is 1280. The molecular weight excluding hydrogens is 429 g/mol. The summed E-state index contributed by atoms with van der Waals surface area (Å²) in [6.45, 7) is 2.11. The van der Waals surface area contributed by atoms with Gasteiger partial charge in [0.1, 0.15) is 11.4 Å².